The van der Waals surface area contributed by atoms with Gasteiger partial charge in [-0.25, -0.2) is 0 Å². The van der Waals surface area contributed by atoms with E-state index in [1.807, 2.05) is 6.92 Å². The summed E-state index contributed by atoms with van der Waals surface area (Å²) in [6.07, 6.45) is 6.53. The summed E-state index contributed by atoms with van der Waals surface area (Å²) in [5.41, 5.74) is -0.895. The first-order valence-electron chi connectivity index (χ1n) is 5.48. The number of cyclic esters (lactones) is 1. The average Bonchev–Trinajstić information content (AvgIpc) is 2.30. The molecule has 80 valence electrons. The zero-order valence-corrected chi connectivity index (χ0v) is 8.90. The molecule has 0 unspecified atom stereocenters. The summed E-state index contributed by atoms with van der Waals surface area (Å²) in [6.45, 7) is 2.38. The Morgan fingerprint density at radius 1 is 1.60 bits per heavy atom. The van der Waals surface area contributed by atoms with E-state index >= 15 is 0 Å². The van der Waals surface area contributed by atoms with Crippen molar-refractivity contribution in [2.75, 3.05) is 6.61 Å². The van der Waals surface area contributed by atoms with Crippen molar-refractivity contribution in [2.45, 2.75) is 26.2 Å². The lowest BCUT2D eigenvalue weighted by Crippen LogP contribution is -2.48. The molecule has 3 nitrogen and oxygen atoms in total. The highest BCUT2D eigenvalue weighted by molar-refractivity contribution is 5.81. The van der Waals surface area contributed by atoms with Crippen molar-refractivity contribution in [2.24, 2.45) is 17.3 Å². The van der Waals surface area contributed by atoms with Gasteiger partial charge in [0.25, 0.3) is 0 Å². The van der Waals surface area contributed by atoms with E-state index in [1.54, 1.807) is 0 Å². The molecule has 0 saturated carbocycles. The predicted octanol–water partition coefficient (Wildman–Crippen LogP) is 2.05. The van der Waals surface area contributed by atoms with Gasteiger partial charge in [0, 0.05) is 5.92 Å². The average molecular weight is 205 g/mol. The van der Waals surface area contributed by atoms with E-state index in [-0.39, 0.29) is 11.9 Å². The molecule has 3 heteroatoms. The smallest absolute Gasteiger partial charge is 0.326 e. The van der Waals surface area contributed by atoms with Gasteiger partial charge in [-0.05, 0) is 25.2 Å². The number of allylic oxidation sites excluding steroid dienone is 2. The Bertz CT molecular complexity index is 342. The molecule has 0 spiro atoms. The Labute approximate surface area is 89.7 Å². The van der Waals surface area contributed by atoms with Crippen LogP contribution in [-0.4, -0.2) is 12.6 Å². The van der Waals surface area contributed by atoms with Crippen molar-refractivity contribution < 1.29 is 9.53 Å². The number of hydrogen-bond donors (Lipinski definition) is 0. The molecule has 1 fully saturated rings. The lowest BCUT2D eigenvalue weighted by Gasteiger charge is -2.42. The second kappa shape index (κ2) is 3.69. The highest BCUT2D eigenvalue weighted by atomic mass is 16.5. The van der Waals surface area contributed by atoms with Gasteiger partial charge in [-0.2, -0.15) is 5.26 Å². The van der Waals surface area contributed by atoms with Gasteiger partial charge in [0.15, 0.2) is 5.41 Å². The van der Waals surface area contributed by atoms with Crippen LogP contribution in [-0.2, 0) is 9.53 Å². The Hall–Kier alpha value is -1.30. The summed E-state index contributed by atoms with van der Waals surface area (Å²) in [5, 5.41) is 9.28. The van der Waals surface area contributed by atoms with Crippen LogP contribution in [0.15, 0.2) is 12.2 Å². The Balaban J connectivity index is 2.37. The maximum absolute atomic E-state index is 11.8. The molecule has 1 aliphatic heterocycles. The normalized spacial score (nSPS) is 39.1. The number of ether oxygens (including phenoxy) is 1. The second-order valence-electron chi connectivity index (χ2n) is 4.34. The van der Waals surface area contributed by atoms with E-state index in [0.29, 0.717) is 18.9 Å². The van der Waals surface area contributed by atoms with Crippen LogP contribution in [0.2, 0.25) is 0 Å². The third kappa shape index (κ3) is 1.36. The summed E-state index contributed by atoms with van der Waals surface area (Å²) in [7, 11) is 0. The highest BCUT2D eigenvalue weighted by Gasteiger charge is 2.52. The van der Waals surface area contributed by atoms with Crippen molar-refractivity contribution in [3.05, 3.63) is 12.2 Å². The first-order valence-corrected chi connectivity index (χ1v) is 5.48. The van der Waals surface area contributed by atoms with Gasteiger partial charge in [-0.1, -0.05) is 19.1 Å². The summed E-state index contributed by atoms with van der Waals surface area (Å²) in [4.78, 5) is 11.8. The summed E-state index contributed by atoms with van der Waals surface area (Å²) in [6, 6.07) is 2.21. The molecule has 3 atom stereocenters. The fourth-order valence-electron chi connectivity index (χ4n) is 2.74. The van der Waals surface area contributed by atoms with Crippen molar-refractivity contribution in [3.8, 4) is 6.07 Å². The summed E-state index contributed by atoms with van der Waals surface area (Å²) in [5.74, 6) is 0.176. The predicted molar refractivity (Wildman–Crippen MR) is 54.7 cm³/mol. The number of hydrogen-bond acceptors (Lipinski definition) is 3. The number of nitrogens with zero attached hydrogens (tertiary/aromatic N) is 1. The molecule has 2 rings (SSSR count). The van der Waals surface area contributed by atoms with Crippen molar-refractivity contribution in [1.29, 1.82) is 5.26 Å². The minimum atomic E-state index is -0.895. The number of nitriles is 1. The maximum atomic E-state index is 11.8. The SMILES string of the molecule is CC[C@]1(C#N)C(=O)OC[C@H]2CC=CC[C@H]21. The van der Waals surface area contributed by atoms with Crippen LogP contribution in [0.5, 0.6) is 0 Å². The van der Waals surface area contributed by atoms with E-state index in [2.05, 4.69) is 18.2 Å². The molecule has 15 heavy (non-hydrogen) atoms. The van der Waals surface area contributed by atoms with Gasteiger partial charge in [0.1, 0.15) is 0 Å². The molecule has 0 aromatic carbocycles. The monoisotopic (exact) mass is 205 g/mol. The number of carbonyl (C=O) groups excluding carboxylic acids is 1. The van der Waals surface area contributed by atoms with Crippen LogP contribution in [0.1, 0.15) is 26.2 Å². The standard InChI is InChI=1S/C12H15NO2/c1-2-12(8-13)10-6-4-3-5-9(10)7-15-11(12)14/h3-4,9-10H,2,5-7H2,1H3/t9-,10-,12-/m1/s1. The van der Waals surface area contributed by atoms with Crippen molar-refractivity contribution >= 4 is 5.97 Å². The molecule has 2 aliphatic rings. The van der Waals surface area contributed by atoms with E-state index in [1.165, 1.54) is 0 Å². The molecule has 0 N–H and O–H groups in total. The topological polar surface area (TPSA) is 50.1 Å². The summed E-state index contributed by atoms with van der Waals surface area (Å²) < 4.78 is 5.15. The van der Waals surface area contributed by atoms with E-state index in [4.69, 9.17) is 4.74 Å². The van der Waals surface area contributed by atoms with Crippen LogP contribution in [0.3, 0.4) is 0 Å². The quantitative estimate of drug-likeness (QED) is 0.486. The summed E-state index contributed by atoms with van der Waals surface area (Å²) >= 11 is 0. The highest BCUT2D eigenvalue weighted by Crippen LogP contribution is 2.46. The molecule has 1 heterocycles. The third-order valence-electron chi connectivity index (χ3n) is 3.75. The van der Waals surface area contributed by atoms with Crippen molar-refractivity contribution in [3.63, 3.8) is 0 Å². The van der Waals surface area contributed by atoms with Gasteiger partial charge < -0.3 is 4.74 Å². The van der Waals surface area contributed by atoms with Gasteiger partial charge in [0.05, 0.1) is 12.7 Å². The second-order valence-corrected chi connectivity index (χ2v) is 4.34. The number of carbonyl (C=O) groups is 1. The zero-order chi connectivity index (χ0) is 10.9. The van der Waals surface area contributed by atoms with Crippen LogP contribution >= 0.6 is 0 Å². The Morgan fingerprint density at radius 2 is 2.33 bits per heavy atom. The van der Waals surface area contributed by atoms with Gasteiger partial charge >= 0.3 is 5.97 Å². The largest absolute Gasteiger partial charge is 0.464 e. The first-order chi connectivity index (χ1) is 7.24. The fraction of sp³-hybridized carbons (Fsp3) is 0.667. The van der Waals surface area contributed by atoms with E-state index in [0.717, 1.165) is 12.8 Å². The molecular weight excluding hydrogens is 190 g/mol. The van der Waals surface area contributed by atoms with E-state index < -0.39 is 5.41 Å². The number of fused-ring (bicyclic) bond motifs is 1. The van der Waals surface area contributed by atoms with Crippen LogP contribution in [0.25, 0.3) is 0 Å². The third-order valence-corrected chi connectivity index (χ3v) is 3.75. The first kappa shape index (κ1) is 10.2. The molecular formula is C12H15NO2. The molecule has 0 bridgehead atoms. The van der Waals surface area contributed by atoms with Crippen LogP contribution < -0.4 is 0 Å². The molecule has 0 radical (unpaired) electrons. The zero-order valence-electron chi connectivity index (χ0n) is 8.90. The lowest BCUT2D eigenvalue weighted by atomic mass is 9.63. The molecule has 0 amide bonds. The van der Waals surface area contributed by atoms with Crippen LogP contribution in [0.4, 0.5) is 0 Å². The Morgan fingerprint density at radius 3 is 3.00 bits per heavy atom. The molecule has 0 aromatic rings. The van der Waals surface area contributed by atoms with Gasteiger partial charge in [-0.15, -0.1) is 0 Å². The lowest BCUT2D eigenvalue weighted by molar-refractivity contribution is -0.169. The molecule has 0 aromatic heterocycles. The Kier molecular flexibility index (Phi) is 2.52. The minimum Gasteiger partial charge on any atom is -0.464 e. The van der Waals surface area contributed by atoms with Crippen LogP contribution in [0, 0.1) is 28.6 Å². The van der Waals surface area contributed by atoms with E-state index in [9.17, 15) is 10.1 Å². The van der Waals surface area contributed by atoms with Gasteiger partial charge in [0.2, 0.25) is 0 Å². The minimum absolute atomic E-state index is 0.152. The number of rotatable bonds is 1. The molecule has 1 saturated heterocycles. The molecule has 1 aliphatic carbocycles. The van der Waals surface area contributed by atoms with Crippen molar-refractivity contribution in [1.82, 2.24) is 0 Å². The van der Waals surface area contributed by atoms with Gasteiger partial charge in [-0.3, -0.25) is 4.79 Å². The maximum Gasteiger partial charge on any atom is 0.326 e. The fourth-order valence-corrected chi connectivity index (χ4v) is 2.74. The number of esters is 1.